The molecule has 2 unspecified atom stereocenters. The predicted octanol–water partition coefficient (Wildman–Crippen LogP) is 3.61. The van der Waals surface area contributed by atoms with Crippen molar-refractivity contribution in [1.82, 2.24) is 10.6 Å². The molecule has 0 aromatic heterocycles. The van der Waals surface area contributed by atoms with Crippen molar-refractivity contribution in [3.63, 3.8) is 0 Å². The highest BCUT2D eigenvalue weighted by molar-refractivity contribution is 5.99. The summed E-state index contributed by atoms with van der Waals surface area (Å²) in [5, 5.41) is 31.5. The minimum absolute atomic E-state index is 0.0405. The van der Waals surface area contributed by atoms with Crippen LogP contribution >= 0.6 is 0 Å². The van der Waals surface area contributed by atoms with E-state index in [1.165, 1.54) is 48.5 Å². The van der Waals surface area contributed by atoms with Crippen LogP contribution in [-0.2, 0) is 0 Å². The summed E-state index contributed by atoms with van der Waals surface area (Å²) in [5.41, 5.74) is 0.595. The lowest BCUT2D eigenvalue weighted by molar-refractivity contribution is -0.385. The molecule has 2 atom stereocenters. The fraction of sp³-hybridized carbons (Fsp3) is 0.263. The van der Waals surface area contributed by atoms with Crippen LogP contribution in [-0.4, -0.2) is 34.0 Å². The maximum Gasteiger partial charge on any atom is 0.323 e. The number of hydrogen-bond donors (Lipinski definition) is 4. The highest BCUT2D eigenvalue weighted by Crippen LogP contribution is 2.17. The van der Waals surface area contributed by atoms with E-state index >= 15 is 0 Å². The quantitative estimate of drug-likeness (QED) is 0.426. The van der Waals surface area contributed by atoms with Gasteiger partial charge in [-0.15, -0.1) is 0 Å². The fourth-order valence-electron chi connectivity index (χ4n) is 2.76. The van der Waals surface area contributed by atoms with Crippen molar-refractivity contribution in [1.29, 1.82) is 0 Å². The largest absolute Gasteiger partial charge is 0.336 e. The molecule has 0 bridgehead atoms. The molecule has 2 aromatic carbocycles. The molecule has 0 spiro atoms. The number of benzene rings is 2. The Morgan fingerprint density at radius 2 is 1.19 bits per heavy atom. The van der Waals surface area contributed by atoms with Crippen molar-refractivity contribution in [3.05, 3.63) is 68.8 Å². The second-order valence-corrected chi connectivity index (χ2v) is 6.84. The maximum absolute atomic E-state index is 11.7. The first-order valence-corrected chi connectivity index (χ1v) is 9.28. The molecule has 12 heteroatoms. The van der Waals surface area contributed by atoms with Crippen molar-refractivity contribution >= 4 is 34.8 Å². The Hall–Kier alpha value is -4.22. The second kappa shape index (κ2) is 10.5. The number of carbonyl (C=O) groups is 2. The Labute approximate surface area is 177 Å². The van der Waals surface area contributed by atoms with Gasteiger partial charge in [-0.2, -0.15) is 0 Å². The molecule has 1 heterocycles. The summed E-state index contributed by atoms with van der Waals surface area (Å²) in [6.45, 7) is 4.02. The van der Waals surface area contributed by atoms with E-state index in [0.29, 0.717) is 23.5 Å². The molecule has 2 aromatic rings. The molecule has 1 fully saturated rings. The van der Waals surface area contributed by atoms with Gasteiger partial charge in [0.15, 0.2) is 0 Å². The van der Waals surface area contributed by atoms with Crippen LogP contribution in [0, 0.1) is 20.2 Å². The molecule has 0 radical (unpaired) electrons. The van der Waals surface area contributed by atoms with Crippen LogP contribution in [0.3, 0.4) is 0 Å². The zero-order valence-electron chi connectivity index (χ0n) is 16.8. The van der Waals surface area contributed by atoms with Gasteiger partial charge in [-0.05, 0) is 44.5 Å². The first kappa shape index (κ1) is 23.1. The number of rotatable bonds is 4. The lowest BCUT2D eigenvalue weighted by Crippen LogP contribution is -2.52. The summed E-state index contributed by atoms with van der Waals surface area (Å²) in [5.74, 6) is 0. The molecule has 1 aliphatic heterocycles. The number of carbonyl (C=O) groups excluding carboxylic acids is 2. The van der Waals surface area contributed by atoms with E-state index in [0.717, 1.165) is 6.42 Å². The zero-order valence-corrected chi connectivity index (χ0v) is 16.8. The topological polar surface area (TPSA) is 169 Å². The van der Waals surface area contributed by atoms with Gasteiger partial charge in [0.2, 0.25) is 0 Å². The van der Waals surface area contributed by atoms with Gasteiger partial charge >= 0.3 is 12.1 Å². The summed E-state index contributed by atoms with van der Waals surface area (Å²) in [6, 6.07) is 10.7. The van der Waals surface area contributed by atoms with Crippen molar-refractivity contribution in [2.75, 3.05) is 10.6 Å². The molecule has 12 nitrogen and oxygen atoms in total. The Morgan fingerprint density at radius 1 is 0.839 bits per heavy atom. The normalized spacial score (nSPS) is 17.2. The van der Waals surface area contributed by atoms with Gasteiger partial charge in [-0.25, -0.2) is 9.59 Å². The number of anilines is 2. The van der Waals surface area contributed by atoms with E-state index in [4.69, 9.17) is 0 Å². The maximum atomic E-state index is 11.7. The van der Waals surface area contributed by atoms with E-state index in [9.17, 15) is 29.8 Å². The Morgan fingerprint density at radius 3 is 1.48 bits per heavy atom. The number of amides is 4. The van der Waals surface area contributed by atoms with Crippen LogP contribution in [0.2, 0.25) is 0 Å². The van der Waals surface area contributed by atoms with Gasteiger partial charge in [0.1, 0.15) is 0 Å². The summed E-state index contributed by atoms with van der Waals surface area (Å²) in [6.07, 6.45) is 1.02. The predicted molar refractivity (Wildman–Crippen MR) is 114 cm³/mol. The van der Waals surface area contributed by atoms with Gasteiger partial charge in [-0.1, -0.05) is 0 Å². The summed E-state index contributed by atoms with van der Waals surface area (Å²) in [4.78, 5) is 42.3. The average Bonchev–Trinajstić information content (AvgIpc) is 2.68. The van der Waals surface area contributed by atoms with E-state index in [1.807, 2.05) is 13.8 Å². The SMILES string of the molecule is CC1CC(C)NC(=O)N1.O=C(Nc1ccc([N+](=O)[O-])cc1)Nc1ccc([N+](=O)[O-])cc1. The molecule has 164 valence electrons. The van der Waals surface area contributed by atoms with Gasteiger partial charge in [0.25, 0.3) is 11.4 Å². The smallest absolute Gasteiger partial charge is 0.323 e. The number of nitro groups is 2. The summed E-state index contributed by atoms with van der Waals surface area (Å²) >= 11 is 0. The molecule has 0 aliphatic carbocycles. The lowest BCUT2D eigenvalue weighted by atomic mass is 10.1. The van der Waals surface area contributed by atoms with Crippen LogP contribution in [0.1, 0.15) is 20.3 Å². The van der Waals surface area contributed by atoms with E-state index in [2.05, 4.69) is 21.3 Å². The number of non-ortho nitro benzene ring substituents is 2. The van der Waals surface area contributed by atoms with Gasteiger partial charge in [-0.3, -0.25) is 20.2 Å². The molecule has 1 aliphatic rings. The van der Waals surface area contributed by atoms with Gasteiger partial charge < -0.3 is 21.3 Å². The zero-order chi connectivity index (χ0) is 23.0. The second-order valence-electron chi connectivity index (χ2n) is 6.84. The van der Waals surface area contributed by atoms with Crippen LogP contribution in [0.15, 0.2) is 48.5 Å². The van der Waals surface area contributed by atoms with Gasteiger partial charge in [0, 0.05) is 47.7 Å². The third-order valence-electron chi connectivity index (χ3n) is 4.13. The van der Waals surface area contributed by atoms with E-state index in [-0.39, 0.29) is 17.4 Å². The van der Waals surface area contributed by atoms with E-state index in [1.54, 1.807) is 0 Å². The fourth-order valence-corrected chi connectivity index (χ4v) is 2.76. The third kappa shape index (κ3) is 7.61. The highest BCUT2D eigenvalue weighted by atomic mass is 16.6. The number of hydrogen-bond acceptors (Lipinski definition) is 6. The number of nitrogens with zero attached hydrogens (tertiary/aromatic N) is 2. The standard InChI is InChI=1S/C13H10N4O5.C6H12N2O/c18-13(14-9-1-5-11(6-2-9)16(19)20)15-10-3-7-12(8-4-10)17(21)22;1-4-3-5(2)8-6(9)7-4/h1-8H,(H2,14,15,18);4-5H,3H2,1-2H3,(H2,7,8,9). The Balaban J connectivity index is 0.000000316. The first-order chi connectivity index (χ1) is 14.6. The van der Waals surface area contributed by atoms with Crippen molar-refractivity contribution in [3.8, 4) is 0 Å². The van der Waals surface area contributed by atoms with Crippen molar-refractivity contribution < 1.29 is 19.4 Å². The highest BCUT2D eigenvalue weighted by Gasteiger charge is 2.18. The van der Waals surface area contributed by atoms with E-state index < -0.39 is 15.9 Å². The molecule has 0 saturated carbocycles. The molecular formula is C19H22N6O6. The molecular weight excluding hydrogens is 408 g/mol. The minimum Gasteiger partial charge on any atom is -0.336 e. The number of urea groups is 2. The Kier molecular flexibility index (Phi) is 7.83. The summed E-state index contributed by atoms with van der Waals surface area (Å²) < 4.78 is 0. The number of nitro benzene ring substituents is 2. The molecule has 4 amide bonds. The lowest BCUT2D eigenvalue weighted by Gasteiger charge is -2.26. The first-order valence-electron chi connectivity index (χ1n) is 9.28. The molecule has 31 heavy (non-hydrogen) atoms. The Bertz CT molecular complexity index is 874. The van der Waals surface area contributed by atoms with Crippen LogP contribution in [0.25, 0.3) is 0 Å². The van der Waals surface area contributed by atoms with Crippen molar-refractivity contribution in [2.45, 2.75) is 32.4 Å². The van der Waals surface area contributed by atoms with Crippen LogP contribution in [0.4, 0.5) is 32.3 Å². The van der Waals surface area contributed by atoms with Gasteiger partial charge in [0.05, 0.1) is 9.85 Å². The molecule has 3 rings (SSSR count). The van der Waals surface area contributed by atoms with Crippen LogP contribution < -0.4 is 21.3 Å². The van der Waals surface area contributed by atoms with Crippen LogP contribution in [0.5, 0.6) is 0 Å². The van der Waals surface area contributed by atoms with Crippen molar-refractivity contribution in [2.24, 2.45) is 0 Å². The summed E-state index contributed by atoms with van der Waals surface area (Å²) in [7, 11) is 0. The minimum atomic E-state index is -0.567. The number of nitrogens with one attached hydrogen (secondary N) is 4. The average molecular weight is 430 g/mol. The monoisotopic (exact) mass is 430 g/mol. The molecule has 4 N–H and O–H groups in total. The third-order valence-corrected chi connectivity index (χ3v) is 4.13. The molecule has 1 saturated heterocycles.